The Bertz CT molecular complexity index is 1410. The lowest BCUT2D eigenvalue weighted by Crippen LogP contribution is -2.26. The van der Waals surface area contributed by atoms with Crippen LogP contribution in [0.15, 0.2) is 48.5 Å². The van der Waals surface area contributed by atoms with Crippen LogP contribution in [0.25, 0.3) is 22.3 Å². The second kappa shape index (κ2) is 14.8. The largest absolute Gasteiger partial charge is 0.207 e. The highest BCUT2D eigenvalue weighted by Crippen LogP contribution is 2.17. The molecule has 0 aliphatic rings. The Kier molecular flexibility index (Phi) is 11.4. The molecule has 0 spiro atoms. The van der Waals surface area contributed by atoms with Gasteiger partial charge in [-0.1, -0.05) is 111 Å². The van der Waals surface area contributed by atoms with Crippen LogP contribution in [0.1, 0.15) is 56.1 Å². The van der Waals surface area contributed by atoms with Crippen molar-refractivity contribution in [2.24, 2.45) is 0 Å². The molecule has 4 rings (SSSR count). The van der Waals surface area contributed by atoms with Crippen LogP contribution < -0.4 is 43.7 Å². The van der Waals surface area contributed by atoms with Gasteiger partial charge in [0, 0.05) is 0 Å². The fourth-order valence-electron chi connectivity index (χ4n) is 5.75. The predicted octanol–water partition coefficient (Wildman–Crippen LogP) is 0.165. The van der Waals surface area contributed by atoms with Gasteiger partial charge in [-0.3, -0.25) is 0 Å². The van der Waals surface area contributed by atoms with E-state index in [9.17, 15) is 8.78 Å². The Morgan fingerprint density at radius 1 is 0.349 bits per heavy atom. The van der Waals surface area contributed by atoms with Crippen LogP contribution in [0.2, 0.25) is 0 Å². The average molecular weight is 547 g/mol. The van der Waals surface area contributed by atoms with Crippen molar-refractivity contribution < 1.29 is 8.78 Å². The van der Waals surface area contributed by atoms with E-state index in [-0.39, 0.29) is 21.9 Å². The fourth-order valence-corrected chi connectivity index (χ4v) is 5.75. The SMILES string of the molecule is [B]c1cc(-c2c([B])cc(F)cc2[B])cc([B])c1CCCCCCCCCc1c([B])cc(-c2c([B])cc(F)cc2[B])cc1[B]. The fraction of sp³-hybridized carbons (Fsp3) is 0.273. The molecule has 0 saturated heterocycles. The van der Waals surface area contributed by atoms with Gasteiger partial charge in [-0.25, -0.2) is 8.78 Å². The Labute approximate surface area is 265 Å². The summed E-state index contributed by atoms with van der Waals surface area (Å²) in [5, 5.41) is 0. The van der Waals surface area contributed by atoms with E-state index in [0.29, 0.717) is 44.1 Å². The van der Waals surface area contributed by atoms with Gasteiger partial charge in [-0.2, -0.15) is 0 Å². The predicted molar refractivity (Wildman–Crippen MR) is 187 cm³/mol. The molecule has 0 N–H and O–H groups in total. The smallest absolute Gasteiger partial charge is 0.122 e. The summed E-state index contributed by atoms with van der Waals surface area (Å²) >= 11 is 0. The lowest BCUT2D eigenvalue weighted by molar-refractivity contribution is 0.580. The summed E-state index contributed by atoms with van der Waals surface area (Å²) in [5.74, 6) is -0.977. The maximum atomic E-state index is 13.6. The molecule has 196 valence electrons. The summed E-state index contributed by atoms with van der Waals surface area (Å²) in [6.45, 7) is 0. The quantitative estimate of drug-likeness (QED) is 0.176. The highest BCUT2D eigenvalue weighted by Gasteiger charge is 2.12. The van der Waals surface area contributed by atoms with Crippen molar-refractivity contribution in [1.82, 2.24) is 0 Å². The summed E-state index contributed by atoms with van der Waals surface area (Å²) in [7, 11) is 49.3. The van der Waals surface area contributed by atoms with Gasteiger partial charge < -0.3 is 0 Å². The summed E-state index contributed by atoms with van der Waals surface area (Å²) in [6.07, 6.45) is 8.96. The van der Waals surface area contributed by atoms with Crippen LogP contribution >= 0.6 is 0 Å². The second-order valence-corrected chi connectivity index (χ2v) is 11.2. The number of halogens is 2. The zero-order valence-electron chi connectivity index (χ0n) is 24.4. The van der Waals surface area contributed by atoms with Gasteiger partial charge in [0.25, 0.3) is 0 Å². The minimum absolute atomic E-state index is 0.243. The standard InChI is InChI=1S/C33H26B8F2/c34-24-10-18(32-28(38)14-20(42)15-29(32)39)11-25(35)22(24)8-6-4-2-1-3-5-7-9-23-26(36)12-19(13-27(23)37)33-30(40)16-21(43)17-31(33)41/h10-17H,1-9H2. The molecule has 0 saturated carbocycles. The van der Waals surface area contributed by atoms with E-state index >= 15 is 0 Å². The summed E-state index contributed by atoms with van der Waals surface area (Å²) in [4.78, 5) is 0. The van der Waals surface area contributed by atoms with Crippen molar-refractivity contribution in [3.8, 4) is 22.3 Å². The van der Waals surface area contributed by atoms with Crippen molar-refractivity contribution in [3.63, 3.8) is 0 Å². The molecule has 0 bridgehead atoms. The number of benzene rings is 4. The maximum absolute atomic E-state index is 13.6. The second-order valence-electron chi connectivity index (χ2n) is 11.2. The first-order chi connectivity index (χ1) is 20.5. The molecule has 0 atom stereocenters. The normalized spacial score (nSPS) is 11.2. The van der Waals surface area contributed by atoms with E-state index in [2.05, 4.69) is 0 Å². The van der Waals surface area contributed by atoms with Crippen LogP contribution in [0.3, 0.4) is 0 Å². The first-order valence-corrected chi connectivity index (χ1v) is 14.5. The number of hydrogen-bond donors (Lipinski definition) is 0. The van der Waals surface area contributed by atoms with E-state index in [1.165, 1.54) is 24.3 Å². The molecule has 43 heavy (non-hydrogen) atoms. The lowest BCUT2D eigenvalue weighted by Gasteiger charge is -2.17. The molecular formula is C33H26B8F2. The van der Waals surface area contributed by atoms with Crippen LogP contribution in [0, 0.1) is 11.6 Å². The third-order valence-corrected chi connectivity index (χ3v) is 7.90. The van der Waals surface area contributed by atoms with E-state index < -0.39 is 11.6 Å². The molecular weight excluding hydrogens is 521 g/mol. The Morgan fingerprint density at radius 2 is 0.605 bits per heavy atom. The molecule has 4 aromatic rings. The van der Waals surface area contributed by atoms with Crippen LogP contribution in [-0.4, -0.2) is 62.8 Å². The van der Waals surface area contributed by atoms with Gasteiger partial charge in [-0.15, -0.1) is 0 Å². The number of rotatable bonds is 12. The third-order valence-electron chi connectivity index (χ3n) is 7.90. The molecule has 10 heteroatoms. The molecule has 0 amide bonds. The highest BCUT2D eigenvalue weighted by atomic mass is 19.1. The minimum atomic E-state index is -0.488. The van der Waals surface area contributed by atoms with Gasteiger partial charge in [0.15, 0.2) is 0 Å². The Morgan fingerprint density at radius 3 is 0.884 bits per heavy atom. The first-order valence-electron chi connectivity index (χ1n) is 14.5. The van der Waals surface area contributed by atoms with Crippen LogP contribution in [-0.2, 0) is 12.8 Å². The van der Waals surface area contributed by atoms with Crippen molar-refractivity contribution in [3.05, 3.63) is 71.3 Å². The molecule has 0 aromatic heterocycles. The molecule has 0 nitrogen and oxygen atoms in total. The van der Waals surface area contributed by atoms with E-state index in [1.54, 1.807) is 24.3 Å². The highest BCUT2D eigenvalue weighted by molar-refractivity contribution is 6.46. The topological polar surface area (TPSA) is 0 Å². The summed E-state index contributed by atoms with van der Waals surface area (Å²) < 4.78 is 27.2. The number of unbranched alkanes of at least 4 members (excludes halogenated alkanes) is 6. The molecule has 0 heterocycles. The van der Waals surface area contributed by atoms with Crippen molar-refractivity contribution in [2.45, 2.75) is 57.8 Å². The zero-order valence-corrected chi connectivity index (χ0v) is 24.4. The Balaban J connectivity index is 1.21. The maximum Gasteiger partial charge on any atom is 0.122 e. The summed E-state index contributed by atoms with van der Waals surface area (Å²) in [5.41, 5.74) is 7.53. The third kappa shape index (κ3) is 8.25. The lowest BCUT2D eigenvalue weighted by atomic mass is 9.73. The van der Waals surface area contributed by atoms with Crippen LogP contribution in [0.5, 0.6) is 0 Å². The molecule has 4 aromatic carbocycles. The van der Waals surface area contributed by atoms with E-state index in [1.807, 2.05) is 0 Å². The molecule has 0 unspecified atom stereocenters. The van der Waals surface area contributed by atoms with Crippen LogP contribution in [0.4, 0.5) is 8.78 Å². The molecule has 0 fully saturated rings. The van der Waals surface area contributed by atoms with E-state index in [0.717, 1.165) is 68.9 Å². The first kappa shape index (κ1) is 33.2. The Hall–Kier alpha value is -2.74. The minimum Gasteiger partial charge on any atom is -0.207 e. The number of hydrogen-bond acceptors (Lipinski definition) is 0. The van der Waals surface area contributed by atoms with Crippen molar-refractivity contribution in [1.29, 1.82) is 0 Å². The van der Waals surface area contributed by atoms with Gasteiger partial charge >= 0.3 is 0 Å². The molecule has 16 radical (unpaired) electrons. The summed E-state index contributed by atoms with van der Waals surface area (Å²) in [6, 6.07) is 12.1. The van der Waals surface area contributed by atoms with Gasteiger partial charge in [0.1, 0.15) is 74.4 Å². The monoisotopic (exact) mass is 548 g/mol. The van der Waals surface area contributed by atoms with E-state index in [4.69, 9.17) is 62.8 Å². The van der Waals surface area contributed by atoms with Crippen molar-refractivity contribution >= 4 is 106 Å². The van der Waals surface area contributed by atoms with Gasteiger partial charge in [-0.05, 0) is 72.2 Å². The van der Waals surface area contributed by atoms with Gasteiger partial charge in [0.2, 0.25) is 0 Å². The molecule has 0 aliphatic carbocycles. The zero-order chi connectivity index (χ0) is 31.3. The molecule has 0 aliphatic heterocycles. The van der Waals surface area contributed by atoms with Gasteiger partial charge in [0.05, 0.1) is 0 Å². The average Bonchev–Trinajstić information content (AvgIpc) is 2.89. The van der Waals surface area contributed by atoms with Crippen molar-refractivity contribution in [2.75, 3.05) is 0 Å².